The van der Waals surface area contributed by atoms with Gasteiger partial charge in [-0.25, -0.2) is 28.7 Å². The molecule has 0 saturated carbocycles. The maximum Gasteiger partial charge on any atom is 0.182 e. The van der Waals surface area contributed by atoms with Crippen molar-refractivity contribution < 1.29 is 8.78 Å². The molecule has 164 valence electrons. The predicted octanol–water partition coefficient (Wildman–Crippen LogP) is 5.70. The second kappa shape index (κ2) is 7.97. The SMILES string of the molecule is Cc1nc2nc(-c3cccc(-c4cnn(C)c4)c3)nc(-c3cc(Cl)c(F)cc3F)c2nc1C. The molecule has 0 atom stereocenters. The van der Waals surface area contributed by atoms with Gasteiger partial charge in [-0.1, -0.05) is 29.8 Å². The fraction of sp³-hybridized carbons (Fsp3) is 0.125. The van der Waals surface area contributed by atoms with E-state index in [-0.39, 0.29) is 16.3 Å². The lowest BCUT2D eigenvalue weighted by atomic mass is 10.0. The van der Waals surface area contributed by atoms with E-state index in [4.69, 9.17) is 11.6 Å². The highest BCUT2D eigenvalue weighted by Gasteiger charge is 2.20. The maximum atomic E-state index is 14.8. The third-order valence-corrected chi connectivity index (χ3v) is 5.66. The Bertz CT molecular complexity index is 1550. The zero-order chi connectivity index (χ0) is 23.3. The number of rotatable bonds is 3. The van der Waals surface area contributed by atoms with Crippen molar-refractivity contribution in [3.05, 3.63) is 76.8 Å². The number of aromatic nitrogens is 6. The average Bonchev–Trinajstić information content (AvgIpc) is 3.23. The number of benzene rings is 2. The van der Waals surface area contributed by atoms with Gasteiger partial charge in [-0.15, -0.1) is 0 Å². The van der Waals surface area contributed by atoms with E-state index in [9.17, 15) is 8.78 Å². The quantitative estimate of drug-likeness (QED) is 0.321. The predicted molar refractivity (Wildman–Crippen MR) is 123 cm³/mol. The van der Waals surface area contributed by atoms with E-state index >= 15 is 0 Å². The fourth-order valence-electron chi connectivity index (χ4n) is 3.54. The van der Waals surface area contributed by atoms with Crippen molar-refractivity contribution in [1.82, 2.24) is 29.7 Å². The molecule has 0 aliphatic heterocycles. The molecule has 6 nitrogen and oxygen atoms in total. The summed E-state index contributed by atoms with van der Waals surface area (Å²) in [5, 5.41) is 4.00. The summed E-state index contributed by atoms with van der Waals surface area (Å²) in [6.07, 6.45) is 3.67. The van der Waals surface area contributed by atoms with E-state index in [1.807, 2.05) is 44.4 Å². The third kappa shape index (κ3) is 3.82. The summed E-state index contributed by atoms with van der Waals surface area (Å²) in [7, 11) is 1.84. The third-order valence-electron chi connectivity index (χ3n) is 5.37. The van der Waals surface area contributed by atoms with E-state index in [1.165, 1.54) is 6.07 Å². The molecule has 0 unspecified atom stereocenters. The molecule has 5 rings (SSSR count). The molecule has 0 aliphatic rings. The minimum absolute atomic E-state index is 0.0241. The van der Waals surface area contributed by atoms with Gasteiger partial charge in [0, 0.05) is 36.0 Å². The Kier molecular flexibility index (Phi) is 5.09. The highest BCUT2D eigenvalue weighted by atomic mass is 35.5. The van der Waals surface area contributed by atoms with Crippen molar-refractivity contribution >= 4 is 22.8 Å². The highest BCUT2D eigenvalue weighted by molar-refractivity contribution is 6.31. The Morgan fingerprint density at radius 1 is 0.848 bits per heavy atom. The molecule has 0 N–H and O–H groups in total. The summed E-state index contributed by atoms with van der Waals surface area (Å²) in [5.41, 5.74) is 4.75. The van der Waals surface area contributed by atoms with Crippen LogP contribution in [0.3, 0.4) is 0 Å². The van der Waals surface area contributed by atoms with Gasteiger partial charge in [-0.2, -0.15) is 5.10 Å². The van der Waals surface area contributed by atoms with Crippen LogP contribution in [0.15, 0.2) is 48.8 Å². The molecule has 0 aliphatic carbocycles. The van der Waals surface area contributed by atoms with E-state index in [0.717, 1.165) is 17.2 Å². The first kappa shape index (κ1) is 21.1. The van der Waals surface area contributed by atoms with Crippen LogP contribution in [0.5, 0.6) is 0 Å². The number of nitrogens with zero attached hydrogens (tertiary/aromatic N) is 6. The van der Waals surface area contributed by atoms with Crippen LogP contribution >= 0.6 is 11.6 Å². The lowest BCUT2D eigenvalue weighted by Gasteiger charge is -2.11. The molecular weight excluding hydrogens is 446 g/mol. The van der Waals surface area contributed by atoms with Crippen molar-refractivity contribution in [2.24, 2.45) is 7.05 Å². The van der Waals surface area contributed by atoms with Crippen LogP contribution < -0.4 is 0 Å². The van der Waals surface area contributed by atoms with E-state index in [0.29, 0.717) is 33.9 Å². The minimum Gasteiger partial charge on any atom is -0.275 e. The first-order valence-corrected chi connectivity index (χ1v) is 10.5. The Labute approximate surface area is 192 Å². The average molecular weight is 463 g/mol. The Morgan fingerprint density at radius 2 is 1.61 bits per heavy atom. The summed E-state index contributed by atoms with van der Waals surface area (Å²) in [5.74, 6) is -1.31. The molecule has 3 heterocycles. The summed E-state index contributed by atoms with van der Waals surface area (Å²) in [6.45, 7) is 3.62. The summed E-state index contributed by atoms with van der Waals surface area (Å²) >= 11 is 5.96. The lowest BCUT2D eigenvalue weighted by Crippen LogP contribution is -2.03. The molecule has 0 amide bonds. The molecule has 33 heavy (non-hydrogen) atoms. The van der Waals surface area contributed by atoms with E-state index in [2.05, 4.69) is 25.0 Å². The van der Waals surface area contributed by atoms with Crippen LogP contribution in [0.1, 0.15) is 11.4 Å². The van der Waals surface area contributed by atoms with Crippen molar-refractivity contribution in [3.8, 4) is 33.8 Å². The lowest BCUT2D eigenvalue weighted by molar-refractivity contribution is 0.585. The van der Waals surface area contributed by atoms with Crippen molar-refractivity contribution in [2.75, 3.05) is 0 Å². The summed E-state index contributed by atoms with van der Waals surface area (Å²) in [6, 6.07) is 9.56. The van der Waals surface area contributed by atoms with Gasteiger partial charge in [0.25, 0.3) is 0 Å². The van der Waals surface area contributed by atoms with Crippen LogP contribution in [0.25, 0.3) is 44.9 Å². The highest BCUT2D eigenvalue weighted by Crippen LogP contribution is 2.33. The number of hydrogen-bond acceptors (Lipinski definition) is 5. The van der Waals surface area contributed by atoms with Gasteiger partial charge in [0.1, 0.15) is 22.8 Å². The van der Waals surface area contributed by atoms with Gasteiger partial charge in [0.05, 0.1) is 22.6 Å². The topological polar surface area (TPSA) is 69.4 Å². The van der Waals surface area contributed by atoms with Crippen LogP contribution in [-0.4, -0.2) is 29.7 Å². The molecule has 3 aromatic heterocycles. The van der Waals surface area contributed by atoms with Crippen LogP contribution in [0, 0.1) is 25.5 Å². The number of fused-ring (bicyclic) bond motifs is 1. The van der Waals surface area contributed by atoms with Crippen molar-refractivity contribution in [1.29, 1.82) is 0 Å². The number of hydrogen-bond donors (Lipinski definition) is 0. The van der Waals surface area contributed by atoms with Crippen LogP contribution in [0.4, 0.5) is 8.78 Å². The normalized spacial score (nSPS) is 11.3. The molecule has 0 spiro atoms. The molecule has 0 fully saturated rings. The largest absolute Gasteiger partial charge is 0.275 e. The number of halogens is 3. The Balaban J connectivity index is 1.77. The molecule has 9 heteroatoms. The second-order valence-electron chi connectivity index (χ2n) is 7.69. The monoisotopic (exact) mass is 462 g/mol. The second-order valence-corrected chi connectivity index (χ2v) is 8.10. The van der Waals surface area contributed by atoms with Gasteiger partial charge >= 0.3 is 0 Å². The van der Waals surface area contributed by atoms with Crippen LogP contribution in [-0.2, 0) is 7.05 Å². The zero-order valence-corrected chi connectivity index (χ0v) is 18.7. The molecule has 0 bridgehead atoms. The minimum atomic E-state index is -0.848. The van der Waals surface area contributed by atoms with Gasteiger partial charge in [-0.05, 0) is 31.5 Å². The summed E-state index contributed by atoms with van der Waals surface area (Å²) in [4.78, 5) is 18.3. The van der Waals surface area contributed by atoms with E-state index in [1.54, 1.807) is 17.8 Å². The fourth-order valence-corrected chi connectivity index (χ4v) is 3.71. The number of aryl methyl sites for hydroxylation is 3. The molecule has 2 aromatic carbocycles. The Morgan fingerprint density at radius 3 is 2.36 bits per heavy atom. The maximum absolute atomic E-state index is 14.8. The zero-order valence-electron chi connectivity index (χ0n) is 17.9. The van der Waals surface area contributed by atoms with E-state index < -0.39 is 11.6 Å². The first-order valence-electron chi connectivity index (χ1n) is 10.1. The van der Waals surface area contributed by atoms with Crippen molar-refractivity contribution in [3.63, 3.8) is 0 Å². The van der Waals surface area contributed by atoms with Gasteiger partial charge < -0.3 is 0 Å². The smallest absolute Gasteiger partial charge is 0.182 e. The molecule has 0 saturated heterocycles. The van der Waals surface area contributed by atoms with Crippen molar-refractivity contribution in [2.45, 2.75) is 13.8 Å². The van der Waals surface area contributed by atoms with Gasteiger partial charge in [0.2, 0.25) is 0 Å². The molecule has 5 aromatic rings. The standard InChI is InChI=1S/C24H17ClF2N6/c1-12-13(2)30-24-22(29-12)21(17-8-18(25)20(27)9-19(17)26)31-23(32-24)15-6-4-5-14(7-15)16-10-28-33(3)11-16/h4-11H,1-3H3. The van der Waals surface area contributed by atoms with Crippen LogP contribution in [0.2, 0.25) is 5.02 Å². The first-order chi connectivity index (χ1) is 15.8. The molecular formula is C24H17ClF2N6. The molecule has 0 radical (unpaired) electrons. The van der Waals surface area contributed by atoms with Gasteiger partial charge in [-0.3, -0.25) is 4.68 Å². The Hall–Kier alpha value is -3.78. The van der Waals surface area contributed by atoms with Gasteiger partial charge in [0.15, 0.2) is 11.5 Å². The summed E-state index contributed by atoms with van der Waals surface area (Å²) < 4.78 is 30.4.